The number of methoxy groups -OCH3 is 1. The molecule has 1 heterocycles. The second-order valence-corrected chi connectivity index (χ2v) is 4.60. The third-order valence-corrected chi connectivity index (χ3v) is 2.81. The first-order valence-corrected chi connectivity index (χ1v) is 6.23. The summed E-state index contributed by atoms with van der Waals surface area (Å²) in [4.78, 5) is 15.8. The molecular weight excluding hydrogens is 242 g/mol. The summed E-state index contributed by atoms with van der Waals surface area (Å²) >= 11 is 0. The lowest BCUT2D eigenvalue weighted by atomic mass is 10.1. The van der Waals surface area contributed by atoms with Gasteiger partial charge in [-0.2, -0.15) is 0 Å². The molecule has 0 radical (unpaired) electrons. The van der Waals surface area contributed by atoms with E-state index in [9.17, 15) is 4.79 Å². The molecule has 0 saturated carbocycles. The van der Waals surface area contributed by atoms with E-state index in [1.807, 2.05) is 44.2 Å². The Labute approximate surface area is 112 Å². The Balaban J connectivity index is 2.38. The summed E-state index contributed by atoms with van der Waals surface area (Å²) in [6, 6.07) is 9.64. The summed E-state index contributed by atoms with van der Waals surface area (Å²) < 4.78 is 10.5. The van der Waals surface area contributed by atoms with E-state index in [0.717, 1.165) is 11.3 Å². The first-order valence-electron chi connectivity index (χ1n) is 6.23. The molecule has 0 aliphatic carbocycles. The zero-order valence-electron chi connectivity index (χ0n) is 11.3. The molecule has 0 atom stereocenters. The number of rotatable bonds is 4. The van der Waals surface area contributed by atoms with Crippen molar-refractivity contribution in [3.8, 4) is 11.5 Å². The molecule has 4 nitrogen and oxygen atoms in total. The fourth-order valence-corrected chi connectivity index (χ4v) is 1.85. The predicted molar refractivity (Wildman–Crippen MR) is 71.7 cm³/mol. The molecule has 0 unspecified atom stereocenters. The van der Waals surface area contributed by atoms with Crippen molar-refractivity contribution in [1.29, 1.82) is 0 Å². The van der Waals surface area contributed by atoms with Crippen molar-refractivity contribution in [2.75, 3.05) is 7.11 Å². The minimum absolute atomic E-state index is 0.139. The van der Waals surface area contributed by atoms with Crippen LogP contribution in [0.5, 0.6) is 0 Å². The van der Waals surface area contributed by atoms with E-state index >= 15 is 0 Å². The highest BCUT2D eigenvalue weighted by molar-refractivity contribution is 5.72. The Morgan fingerprint density at radius 1 is 1.32 bits per heavy atom. The molecular formula is C15H17NO3. The van der Waals surface area contributed by atoms with Crippen LogP contribution in [0.1, 0.15) is 31.2 Å². The maximum atomic E-state index is 11.4. The molecule has 0 aliphatic heterocycles. The Bertz CT molecular complexity index is 558. The van der Waals surface area contributed by atoms with Gasteiger partial charge in [-0.3, -0.25) is 4.79 Å². The van der Waals surface area contributed by atoms with Crippen molar-refractivity contribution in [2.24, 2.45) is 0 Å². The number of carbonyl (C=O) groups excluding carboxylic acids is 1. The van der Waals surface area contributed by atoms with E-state index in [-0.39, 0.29) is 18.3 Å². The van der Waals surface area contributed by atoms with Crippen LogP contribution in [0.3, 0.4) is 0 Å². The Morgan fingerprint density at radius 3 is 2.58 bits per heavy atom. The number of nitrogens with zero attached hydrogens (tertiary/aromatic N) is 1. The van der Waals surface area contributed by atoms with Crippen molar-refractivity contribution in [2.45, 2.75) is 26.2 Å². The summed E-state index contributed by atoms with van der Waals surface area (Å²) in [7, 11) is 1.37. The molecule has 0 amide bonds. The summed E-state index contributed by atoms with van der Waals surface area (Å²) in [6.07, 6.45) is 0.139. The number of carbonyl (C=O) groups is 1. The first kappa shape index (κ1) is 13.3. The standard InChI is InChI=1S/C15H17NO3/c1-10(2)14-12(9-13(17)18-3)16-15(19-14)11-7-5-4-6-8-11/h4-8,10H,9H2,1-3H3. The average molecular weight is 259 g/mol. The van der Waals surface area contributed by atoms with Crippen molar-refractivity contribution in [3.05, 3.63) is 41.8 Å². The molecule has 1 aromatic carbocycles. The zero-order valence-corrected chi connectivity index (χ0v) is 11.3. The van der Waals surface area contributed by atoms with Gasteiger partial charge in [0, 0.05) is 11.5 Å². The monoisotopic (exact) mass is 259 g/mol. The fraction of sp³-hybridized carbons (Fsp3) is 0.333. The molecule has 0 N–H and O–H groups in total. The third-order valence-electron chi connectivity index (χ3n) is 2.81. The Kier molecular flexibility index (Phi) is 4.00. The molecule has 0 aliphatic rings. The quantitative estimate of drug-likeness (QED) is 0.791. The highest BCUT2D eigenvalue weighted by Gasteiger charge is 2.19. The number of esters is 1. The lowest BCUT2D eigenvalue weighted by Crippen LogP contribution is -2.07. The summed E-state index contributed by atoms with van der Waals surface area (Å²) in [5.74, 6) is 1.15. The van der Waals surface area contributed by atoms with E-state index < -0.39 is 0 Å². The van der Waals surface area contributed by atoms with Gasteiger partial charge < -0.3 is 9.15 Å². The predicted octanol–water partition coefficient (Wildman–Crippen LogP) is 3.18. The van der Waals surface area contributed by atoms with Gasteiger partial charge >= 0.3 is 5.97 Å². The average Bonchev–Trinajstić information content (AvgIpc) is 2.83. The third kappa shape index (κ3) is 3.02. The van der Waals surface area contributed by atoms with Gasteiger partial charge in [-0.25, -0.2) is 4.98 Å². The van der Waals surface area contributed by atoms with Gasteiger partial charge in [0.25, 0.3) is 0 Å². The number of oxazole rings is 1. The Hall–Kier alpha value is -2.10. The van der Waals surface area contributed by atoms with E-state index in [4.69, 9.17) is 4.42 Å². The largest absolute Gasteiger partial charge is 0.469 e. The molecule has 0 fully saturated rings. The van der Waals surface area contributed by atoms with Crippen molar-refractivity contribution in [3.63, 3.8) is 0 Å². The molecule has 19 heavy (non-hydrogen) atoms. The number of benzene rings is 1. The minimum Gasteiger partial charge on any atom is -0.469 e. The van der Waals surface area contributed by atoms with Crippen LogP contribution in [0.25, 0.3) is 11.5 Å². The summed E-state index contributed by atoms with van der Waals surface area (Å²) in [5, 5.41) is 0. The summed E-state index contributed by atoms with van der Waals surface area (Å²) in [5.41, 5.74) is 1.56. The van der Waals surface area contributed by atoms with Gasteiger partial charge in [0.1, 0.15) is 5.76 Å². The molecule has 100 valence electrons. The normalized spacial score (nSPS) is 10.7. The van der Waals surface area contributed by atoms with Crippen LogP contribution in [0, 0.1) is 0 Å². The maximum Gasteiger partial charge on any atom is 0.311 e. The minimum atomic E-state index is -0.310. The van der Waals surface area contributed by atoms with Crippen molar-refractivity contribution < 1.29 is 13.9 Å². The second-order valence-electron chi connectivity index (χ2n) is 4.60. The van der Waals surface area contributed by atoms with Crippen LogP contribution < -0.4 is 0 Å². The second kappa shape index (κ2) is 5.69. The van der Waals surface area contributed by atoms with E-state index in [1.54, 1.807) is 0 Å². The van der Waals surface area contributed by atoms with Gasteiger partial charge in [-0.05, 0) is 12.1 Å². The van der Waals surface area contributed by atoms with Crippen LogP contribution in [-0.2, 0) is 16.0 Å². The van der Waals surface area contributed by atoms with Gasteiger partial charge in [0.2, 0.25) is 5.89 Å². The van der Waals surface area contributed by atoms with Crippen LogP contribution in [-0.4, -0.2) is 18.1 Å². The topological polar surface area (TPSA) is 52.3 Å². The van der Waals surface area contributed by atoms with Crippen LogP contribution in [0.15, 0.2) is 34.7 Å². The van der Waals surface area contributed by atoms with Gasteiger partial charge in [-0.1, -0.05) is 32.0 Å². The molecule has 1 aromatic heterocycles. The van der Waals surface area contributed by atoms with Gasteiger partial charge in [-0.15, -0.1) is 0 Å². The SMILES string of the molecule is COC(=O)Cc1nc(-c2ccccc2)oc1C(C)C. The number of hydrogen-bond acceptors (Lipinski definition) is 4. The molecule has 0 saturated heterocycles. The first-order chi connectivity index (χ1) is 9.11. The number of ether oxygens (including phenoxy) is 1. The van der Waals surface area contributed by atoms with Crippen LogP contribution >= 0.6 is 0 Å². The van der Waals surface area contributed by atoms with Gasteiger partial charge in [0.05, 0.1) is 19.2 Å². The molecule has 0 bridgehead atoms. The van der Waals surface area contributed by atoms with E-state index in [2.05, 4.69) is 9.72 Å². The van der Waals surface area contributed by atoms with Crippen molar-refractivity contribution in [1.82, 2.24) is 4.98 Å². The zero-order chi connectivity index (χ0) is 13.8. The van der Waals surface area contributed by atoms with E-state index in [1.165, 1.54) is 7.11 Å². The lowest BCUT2D eigenvalue weighted by molar-refractivity contribution is -0.139. The Morgan fingerprint density at radius 2 is 2.00 bits per heavy atom. The lowest BCUT2D eigenvalue weighted by Gasteiger charge is -2.02. The smallest absolute Gasteiger partial charge is 0.311 e. The molecule has 2 rings (SSSR count). The number of hydrogen-bond donors (Lipinski definition) is 0. The highest BCUT2D eigenvalue weighted by Crippen LogP contribution is 2.27. The van der Waals surface area contributed by atoms with Crippen LogP contribution in [0.4, 0.5) is 0 Å². The molecule has 0 spiro atoms. The van der Waals surface area contributed by atoms with Crippen molar-refractivity contribution >= 4 is 5.97 Å². The molecule has 4 heteroatoms. The summed E-state index contributed by atoms with van der Waals surface area (Å²) in [6.45, 7) is 4.02. The number of aromatic nitrogens is 1. The molecule has 2 aromatic rings. The van der Waals surface area contributed by atoms with E-state index in [0.29, 0.717) is 11.6 Å². The highest BCUT2D eigenvalue weighted by atomic mass is 16.5. The fourth-order valence-electron chi connectivity index (χ4n) is 1.85. The maximum absolute atomic E-state index is 11.4. The van der Waals surface area contributed by atoms with Gasteiger partial charge in [0.15, 0.2) is 0 Å². The van der Waals surface area contributed by atoms with Crippen LogP contribution in [0.2, 0.25) is 0 Å².